The molecule has 1 saturated heterocycles. The minimum Gasteiger partial charge on any atom is -0.361 e. The summed E-state index contributed by atoms with van der Waals surface area (Å²) in [5, 5.41) is 9.34. The molecule has 0 amide bonds. The fraction of sp³-hybridized carbons (Fsp3) is 0.542. The van der Waals surface area contributed by atoms with Crippen LogP contribution in [0.5, 0.6) is 0 Å². The Labute approximate surface area is 204 Å². The molecule has 0 spiro atoms. The number of nitrogens with one attached hydrogen (secondary N) is 1. The van der Waals surface area contributed by atoms with Crippen molar-refractivity contribution >= 4 is 22.5 Å². The van der Waals surface area contributed by atoms with E-state index in [0.717, 1.165) is 49.8 Å². The quantitative estimate of drug-likeness (QED) is 0.477. The van der Waals surface area contributed by atoms with Crippen LogP contribution in [0.1, 0.15) is 54.2 Å². The molecule has 2 fully saturated rings. The first kappa shape index (κ1) is 22.8. The zero-order valence-electron chi connectivity index (χ0n) is 19.2. The second-order valence-electron chi connectivity index (χ2n) is 9.92. The lowest BCUT2D eigenvalue weighted by Crippen LogP contribution is -2.48. The summed E-state index contributed by atoms with van der Waals surface area (Å²) in [5.41, 5.74) is 0.163. The molecular weight excluding hydrogens is 480 g/mol. The van der Waals surface area contributed by atoms with E-state index >= 15 is 0 Å². The molecule has 1 N–H and O–H groups in total. The zero-order valence-corrected chi connectivity index (χ0v) is 20.0. The van der Waals surface area contributed by atoms with Crippen molar-refractivity contribution in [2.75, 3.05) is 23.3 Å². The van der Waals surface area contributed by atoms with E-state index in [1.54, 1.807) is 4.68 Å². The molecule has 3 unspecified atom stereocenters. The van der Waals surface area contributed by atoms with Crippen LogP contribution in [-0.4, -0.2) is 38.3 Å². The number of aromatic nitrogens is 4. The van der Waals surface area contributed by atoms with Gasteiger partial charge in [0.2, 0.25) is 5.95 Å². The lowest BCUT2D eigenvalue weighted by atomic mass is 9.87. The first-order valence-corrected chi connectivity index (χ1v) is 12.8. The first-order chi connectivity index (χ1) is 16.8. The SMILES string of the molecule is Cc1cc(N2CC3CCC(C2)C3Nc2nc3n(n2)CCCC3c2cc(F)ccc2C(F)(F)F)sn1. The number of anilines is 2. The molecule has 6 nitrogen and oxygen atoms in total. The Kier molecular flexibility index (Phi) is 5.50. The third-order valence-corrected chi connectivity index (χ3v) is 8.57. The number of nitrogens with zero attached hydrogens (tertiary/aromatic N) is 5. The molecule has 35 heavy (non-hydrogen) atoms. The Hall–Kier alpha value is -2.69. The highest BCUT2D eigenvalue weighted by molar-refractivity contribution is 7.10. The molecule has 2 aromatic heterocycles. The molecule has 186 valence electrons. The van der Waals surface area contributed by atoms with Gasteiger partial charge in [-0.1, -0.05) is 0 Å². The van der Waals surface area contributed by atoms with Crippen molar-refractivity contribution in [3.63, 3.8) is 0 Å². The smallest absolute Gasteiger partial charge is 0.361 e. The van der Waals surface area contributed by atoms with E-state index in [-0.39, 0.29) is 11.6 Å². The molecule has 4 heterocycles. The van der Waals surface area contributed by atoms with Crippen LogP contribution >= 0.6 is 11.5 Å². The minimum absolute atomic E-state index is 0.0642. The van der Waals surface area contributed by atoms with E-state index in [4.69, 9.17) is 0 Å². The number of aryl methyl sites for hydroxylation is 2. The lowest BCUT2D eigenvalue weighted by molar-refractivity contribution is -0.138. The van der Waals surface area contributed by atoms with E-state index in [2.05, 4.69) is 30.7 Å². The van der Waals surface area contributed by atoms with Crippen molar-refractivity contribution in [3.05, 3.63) is 52.7 Å². The molecule has 1 aromatic carbocycles. The second kappa shape index (κ2) is 8.46. The molecule has 2 bridgehead atoms. The van der Waals surface area contributed by atoms with E-state index in [1.807, 2.05) is 6.92 Å². The van der Waals surface area contributed by atoms with Crippen LogP contribution < -0.4 is 10.2 Å². The van der Waals surface area contributed by atoms with Crippen LogP contribution in [0, 0.1) is 24.6 Å². The van der Waals surface area contributed by atoms with Gasteiger partial charge in [0, 0.05) is 31.6 Å². The van der Waals surface area contributed by atoms with E-state index in [9.17, 15) is 17.6 Å². The van der Waals surface area contributed by atoms with Crippen molar-refractivity contribution in [1.82, 2.24) is 19.1 Å². The number of fused-ring (bicyclic) bond motifs is 3. The number of rotatable bonds is 4. The number of hydrogen-bond donors (Lipinski definition) is 1. The van der Waals surface area contributed by atoms with Gasteiger partial charge < -0.3 is 10.2 Å². The van der Waals surface area contributed by atoms with Crippen molar-refractivity contribution in [1.29, 1.82) is 0 Å². The molecule has 3 aromatic rings. The molecule has 1 saturated carbocycles. The Morgan fingerprint density at radius 2 is 1.86 bits per heavy atom. The number of alkyl halides is 3. The highest BCUT2D eigenvalue weighted by atomic mass is 32.1. The van der Waals surface area contributed by atoms with Crippen LogP contribution in [0.15, 0.2) is 24.3 Å². The predicted octanol–water partition coefficient (Wildman–Crippen LogP) is 5.45. The molecule has 11 heteroatoms. The highest BCUT2D eigenvalue weighted by Gasteiger charge is 2.43. The van der Waals surface area contributed by atoms with Crippen LogP contribution in [0.2, 0.25) is 0 Å². The molecule has 2 aliphatic heterocycles. The summed E-state index contributed by atoms with van der Waals surface area (Å²) in [4.78, 5) is 7.07. The average molecular weight is 507 g/mol. The summed E-state index contributed by atoms with van der Waals surface area (Å²) in [6.07, 6.45) is -1.19. The number of hydrogen-bond acceptors (Lipinski definition) is 6. The Morgan fingerprint density at radius 1 is 1.09 bits per heavy atom. The van der Waals surface area contributed by atoms with Gasteiger partial charge in [0.1, 0.15) is 16.6 Å². The van der Waals surface area contributed by atoms with Crippen LogP contribution in [0.4, 0.5) is 28.5 Å². The Balaban J connectivity index is 1.25. The monoisotopic (exact) mass is 506 g/mol. The van der Waals surface area contributed by atoms with Gasteiger partial charge in [-0.3, -0.25) is 0 Å². The summed E-state index contributed by atoms with van der Waals surface area (Å²) in [6.45, 7) is 4.46. The first-order valence-electron chi connectivity index (χ1n) is 12.0. The van der Waals surface area contributed by atoms with Crippen molar-refractivity contribution in [3.8, 4) is 0 Å². The minimum atomic E-state index is -4.56. The van der Waals surface area contributed by atoms with E-state index in [0.29, 0.717) is 43.0 Å². The predicted molar refractivity (Wildman–Crippen MR) is 125 cm³/mol. The number of halogens is 4. The number of piperidine rings is 1. The molecule has 3 atom stereocenters. The summed E-state index contributed by atoms with van der Waals surface area (Å²) in [7, 11) is 0. The Bertz CT molecular complexity index is 1220. The molecular formula is C24H26F4N6S. The summed E-state index contributed by atoms with van der Waals surface area (Å²) < 4.78 is 61.2. The normalized spacial score (nSPS) is 26.1. The van der Waals surface area contributed by atoms with Gasteiger partial charge in [-0.05, 0) is 85.8 Å². The zero-order chi connectivity index (χ0) is 24.3. The van der Waals surface area contributed by atoms with Crippen LogP contribution in [0.3, 0.4) is 0 Å². The summed E-state index contributed by atoms with van der Waals surface area (Å²) in [5.74, 6) is 0.482. The average Bonchev–Trinajstić information content (AvgIpc) is 3.48. The van der Waals surface area contributed by atoms with Gasteiger partial charge in [-0.25, -0.2) is 9.07 Å². The molecule has 0 radical (unpaired) electrons. The fourth-order valence-electron chi connectivity index (χ4n) is 6.07. The van der Waals surface area contributed by atoms with Gasteiger partial charge in [-0.15, -0.1) is 5.10 Å². The fourth-order valence-corrected chi connectivity index (χ4v) is 6.85. The third kappa shape index (κ3) is 4.17. The van der Waals surface area contributed by atoms with Gasteiger partial charge in [0.25, 0.3) is 0 Å². The van der Waals surface area contributed by atoms with Gasteiger partial charge in [-0.2, -0.15) is 22.5 Å². The van der Waals surface area contributed by atoms with Crippen molar-refractivity contribution in [2.45, 2.75) is 57.3 Å². The topological polar surface area (TPSA) is 58.9 Å². The van der Waals surface area contributed by atoms with E-state index < -0.39 is 23.5 Å². The maximum atomic E-state index is 14.0. The largest absolute Gasteiger partial charge is 0.416 e. The number of benzene rings is 1. The van der Waals surface area contributed by atoms with Crippen LogP contribution in [0.25, 0.3) is 0 Å². The lowest BCUT2D eigenvalue weighted by Gasteiger charge is -2.38. The maximum absolute atomic E-state index is 14.0. The molecule has 3 aliphatic rings. The molecule has 1 aliphatic carbocycles. The highest BCUT2D eigenvalue weighted by Crippen LogP contribution is 2.43. The van der Waals surface area contributed by atoms with Crippen LogP contribution in [-0.2, 0) is 12.7 Å². The standard InChI is InChI=1S/C24H26F4N6S/c1-13-9-20(35-32-13)33-11-14-4-5-15(12-33)21(14)29-23-30-22-17(3-2-8-34(22)31-23)18-10-16(25)6-7-19(18)24(26,27)28/h6-7,9-10,14-15,17,21H,2-5,8,11-12H2,1H3,(H,29,31). The third-order valence-electron chi connectivity index (χ3n) is 7.63. The molecule has 6 rings (SSSR count). The second-order valence-corrected chi connectivity index (χ2v) is 10.7. The maximum Gasteiger partial charge on any atom is 0.416 e. The Morgan fingerprint density at radius 3 is 2.54 bits per heavy atom. The van der Waals surface area contributed by atoms with Gasteiger partial charge in [0.15, 0.2) is 0 Å². The van der Waals surface area contributed by atoms with Crippen molar-refractivity contribution in [2.24, 2.45) is 11.8 Å². The van der Waals surface area contributed by atoms with Gasteiger partial charge in [0.05, 0.1) is 11.3 Å². The summed E-state index contributed by atoms with van der Waals surface area (Å²) >= 11 is 1.53. The summed E-state index contributed by atoms with van der Waals surface area (Å²) in [6, 6.07) is 5.05. The van der Waals surface area contributed by atoms with E-state index in [1.165, 1.54) is 16.5 Å². The van der Waals surface area contributed by atoms with Crippen molar-refractivity contribution < 1.29 is 17.6 Å². The van der Waals surface area contributed by atoms with Gasteiger partial charge >= 0.3 is 6.18 Å².